The highest BCUT2D eigenvalue weighted by atomic mass is 19.1. The second-order valence-electron chi connectivity index (χ2n) is 6.85. The van der Waals surface area contributed by atoms with Gasteiger partial charge in [0.2, 0.25) is 0 Å². The second-order valence-corrected chi connectivity index (χ2v) is 6.85. The van der Waals surface area contributed by atoms with Crippen LogP contribution in [0.3, 0.4) is 0 Å². The average molecular weight is 400 g/mol. The van der Waals surface area contributed by atoms with E-state index >= 15 is 0 Å². The molecule has 3 aromatic rings. The van der Waals surface area contributed by atoms with E-state index in [4.69, 9.17) is 9.26 Å². The van der Waals surface area contributed by atoms with Crippen LogP contribution < -0.4 is 4.74 Å². The topological polar surface area (TPSA) is 81.4 Å². The Hall–Kier alpha value is -3.36. The highest BCUT2D eigenvalue weighted by Crippen LogP contribution is 2.29. The van der Waals surface area contributed by atoms with Gasteiger partial charge in [0.15, 0.2) is 11.6 Å². The number of carbonyl (C=O) groups excluding carboxylic acids is 1. The lowest BCUT2D eigenvalue weighted by molar-refractivity contribution is 0.137. The van der Waals surface area contributed by atoms with Gasteiger partial charge in [-0.25, -0.2) is 13.6 Å². The molecule has 1 amide bonds. The number of nitrogens with zero attached hydrogens (tertiary/aromatic N) is 4. The number of aromatic nitrogens is 3. The average Bonchev–Trinajstić information content (AvgIpc) is 3.20. The lowest BCUT2D eigenvalue weighted by atomic mass is 9.96. The molecule has 0 aliphatic carbocycles. The van der Waals surface area contributed by atoms with Crippen molar-refractivity contribution in [1.29, 1.82) is 0 Å². The summed E-state index contributed by atoms with van der Waals surface area (Å²) in [6.45, 7) is 2.79. The molecule has 29 heavy (non-hydrogen) atoms. The Kier molecular flexibility index (Phi) is 5.20. The largest absolute Gasteiger partial charge is 0.415 e. The van der Waals surface area contributed by atoms with Gasteiger partial charge in [-0.05, 0) is 44.0 Å². The van der Waals surface area contributed by atoms with Crippen LogP contribution in [-0.4, -0.2) is 39.2 Å². The van der Waals surface area contributed by atoms with Crippen LogP contribution in [0.25, 0.3) is 11.5 Å². The third-order valence-corrected chi connectivity index (χ3v) is 4.81. The van der Waals surface area contributed by atoms with Gasteiger partial charge in [0.25, 0.3) is 5.89 Å². The van der Waals surface area contributed by atoms with E-state index in [1.807, 2.05) is 6.92 Å². The van der Waals surface area contributed by atoms with Crippen LogP contribution in [0.2, 0.25) is 0 Å². The van der Waals surface area contributed by atoms with Crippen molar-refractivity contribution in [2.45, 2.75) is 25.7 Å². The van der Waals surface area contributed by atoms with Crippen molar-refractivity contribution < 1.29 is 22.8 Å². The molecule has 1 aromatic carbocycles. The number of likely N-dealkylation sites (tertiary alicyclic amines) is 1. The molecule has 0 spiro atoms. The van der Waals surface area contributed by atoms with E-state index in [9.17, 15) is 13.6 Å². The summed E-state index contributed by atoms with van der Waals surface area (Å²) in [5.41, 5.74) is 0.892. The number of benzene rings is 1. The molecule has 1 aliphatic rings. The number of halogens is 2. The molecular weight excluding hydrogens is 382 g/mol. The number of rotatable bonds is 3. The molecule has 1 saturated heterocycles. The summed E-state index contributed by atoms with van der Waals surface area (Å²) in [6, 6.07) is 6.64. The number of piperidine rings is 1. The van der Waals surface area contributed by atoms with Crippen molar-refractivity contribution in [3.8, 4) is 17.2 Å². The normalized spacial score (nSPS) is 14.8. The third-order valence-electron chi connectivity index (χ3n) is 4.81. The van der Waals surface area contributed by atoms with E-state index in [0.29, 0.717) is 37.5 Å². The van der Waals surface area contributed by atoms with Crippen molar-refractivity contribution in [2.75, 3.05) is 13.1 Å². The maximum atomic E-state index is 13.9. The van der Waals surface area contributed by atoms with E-state index in [2.05, 4.69) is 15.1 Å². The minimum Gasteiger partial charge on any atom is -0.409 e. The summed E-state index contributed by atoms with van der Waals surface area (Å²) in [6.07, 6.45) is 2.31. The summed E-state index contributed by atoms with van der Waals surface area (Å²) < 4.78 is 37.5. The highest BCUT2D eigenvalue weighted by molar-refractivity contribution is 5.70. The predicted octanol–water partition coefficient (Wildman–Crippen LogP) is 4.10. The van der Waals surface area contributed by atoms with E-state index in [1.165, 1.54) is 12.3 Å². The molecule has 1 aliphatic heterocycles. The van der Waals surface area contributed by atoms with Crippen molar-refractivity contribution in [1.82, 2.24) is 20.0 Å². The first kappa shape index (κ1) is 19.0. The third kappa shape index (κ3) is 4.23. The van der Waals surface area contributed by atoms with Crippen LogP contribution in [0.4, 0.5) is 13.6 Å². The highest BCUT2D eigenvalue weighted by Gasteiger charge is 2.28. The second kappa shape index (κ2) is 7.94. The Morgan fingerprint density at radius 2 is 2.00 bits per heavy atom. The Morgan fingerprint density at radius 1 is 1.21 bits per heavy atom. The standard InChI is InChI=1S/C20H18F2N4O3/c1-12-2-4-15(11-23-12)28-20(27)26-8-6-13(7-9-26)18-24-19(29-25-18)16-5-3-14(21)10-17(16)22/h2-5,10-11,13H,6-9H2,1H3. The Labute approximate surface area is 165 Å². The number of hydrogen-bond donors (Lipinski definition) is 0. The molecular formula is C20H18F2N4O3. The zero-order valence-corrected chi connectivity index (χ0v) is 15.6. The van der Waals surface area contributed by atoms with Gasteiger partial charge in [0.05, 0.1) is 11.8 Å². The van der Waals surface area contributed by atoms with Crippen molar-refractivity contribution in [3.63, 3.8) is 0 Å². The molecule has 150 valence electrons. The molecule has 3 heterocycles. The number of amides is 1. The minimum absolute atomic E-state index is 0.00575. The Bertz CT molecular complexity index is 1010. The van der Waals surface area contributed by atoms with Crippen LogP contribution in [0, 0.1) is 18.6 Å². The number of aryl methyl sites for hydroxylation is 1. The van der Waals surface area contributed by atoms with Gasteiger partial charge in [0.1, 0.15) is 11.6 Å². The molecule has 0 N–H and O–H groups in total. The van der Waals surface area contributed by atoms with Gasteiger partial charge in [-0.1, -0.05) is 5.16 Å². The molecule has 0 bridgehead atoms. The molecule has 0 radical (unpaired) electrons. The van der Waals surface area contributed by atoms with Crippen LogP contribution >= 0.6 is 0 Å². The zero-order chi connectivity index (χ0) is 20.4. The first-order chi connectivity index (χ1) is 14.0. The van der Waals surface area contributed by atoms with Crippen molar-refractivity contribution in [2.24, 2.45) is 0 Å². The fraction of sp³-hybridized carbons (Fsp3) is 0.300. The molecule has 0 atom stereocenters. The first-order valence-electron chi connectivity index (χ1n) is 9.18. The lowest BCUT2D eigenvalue weighted by Crippen LogP contribution is -2.39. The van der Waals surface area contributed by atoms with E-state index in [0.717, 1.165) is 17.8 Å². The number of ether oxygens (including phenoxy) is 1. The van der Waals surface area contributed by atoms with Gasteiger partial charge in [-0.3, -0.25) is 4.98 Å². The van der Waals surface area contributed by atoms with Crippen molar-refractivity contribution in [3.05, 3.63) is 59.7 Å². The van der Waals surface area contributed by atoms with Crippen LogP contribution in [0.15, 0.2) is 41.1 Å². The van der Waals surface area contributed by atoms with E-state index < -0.39 is 17.7 Å². The van der Waals surface area contributed by atoms with Gasteiger partial charge >= 0.3 is 6.09 Å². The fourth-order valence-corrected chi connectivity index (χ4v) is 3.17. The summed E-state index contributed by atoms with van der Waals surface area (Å²) in [5.74, 6) is -0.617. The molecule has 9 heteroatoms. The molecule has 2 aromatic heterocycles. The predicted molar refractivity (Wildman–Crippen MR) is 98.2 cm³/mol. The molecule has 7 nitrogen and oxygen atoms in total. The summed E-state index contributed by atoms with van der Waals surface area (Å²) in [4.78, 5) is 22.3. The maximum absolute atomic E-state index is 13.9. The van der Waals surface area contributed by atoms with Gasteiger partial charge in [0, 0.05) is 30.8 Å². The number of hydrogen-bond acceptors (Lipinski definition) is 6. The molecule has 4 rings (SSSR count). The summed E-state index contributed by atoms with van der Waals surface area (Å²) in [5, 5.41) is 3.94. The van der Waals surface area contributed by atoms with Crippen molar-refractivity contribution >= 4 is 6.09 Å². The maximum Gasteiger partial charge on any atom is 0.415 e. The molecule has 0 unspecified atom stereocenters. The van der Waals surface area contributed by atoms with Crippen LogP contribution in [0.1, 0.15) is 30.3 Å². The molecule has 1 fully saturated rings. The number of carbonyl (C=O) groups is 1. The van der Waals surface area contributed by atoms with Crippen LogP contribution in [0.5, 0.6) is 5.75 Å². The van der Waals surface area contributed by atoms with Gasteiger partial charge < -0.3 is 14.2 Å². The summed E-state index contributed by atoms with van der Waals surface area (Å²) >= 11 is 0. The van der Waals surface area contributed by atoms with Crippen LogP contribution in [-0.2, 0) is 0 Å². The van der Waals surface area contributed by atoms with E-state index in [1.54, 1.807) is 17.0 Å². The Morgan fingerprint density at radius 3 is 2.69 bits per heavy atom. The quantitative estimate of drug-likeness (QED) is 0.659. The SMILES string of the molecule is Cc1ccc(OC(=O)N2CCC(c3noc(-c4ccc(F)cc4F)n3)CC2)cn1. The monoisotopic (exact) mass is 400 g/mol. The zero-order valence-electron chi connectivity index (χ0n) is 15.6. The lowest BCUT2D eigenvalue weighted by Gasteiger charge is -2.29. The first-order valence-corrected chi connectivity index (χ1v) is 9.18. The van der Waals surface area contributed by atoms with Gasteiger partial charge in [-0.2, -0.15) is 4.98 Å². The number of pyridine rings is 1. The Balaban J connectivity index is 1.36. The molecule has 0 saturated carbocycles. The van der Waals surface area contributed by atoms with Gasteiger partial charge in [-0.15, -0.1) is 0 Å². The summed E-state index contributed by atoms with van der Waals surface area (Å²) in [7, 11) is 0. The minimum atomic E-state index is -0.761. The smallest absolute Gasteiger partial charge is 0.409 e. The van der Waals surface area contributed by atoms with E-state index in [-0.39, 0.29) is 17.4 Å². The fourth-order valence-electron chi connectivity index (χ4n) is 3.17.